The Labute approximate surface area is 114 Å². The minimum Gasteiger partial charge on any atom is -0.378 e. The molecule has 0 spiro atoms. The molecular formula is C16H33NO. The van der Waals surface area contributed by atoms with Gasteiger partial charge in [-0.2, -0.15) is 0 Å². The van der Waals surface area contributed by atoms with E-state index < -0.39 is 0 Å². The van der Waals surface area contributed by atoms with E-state index >= 15 is 0 Å². The lowest BCUT2D eigenvalue weighted by Crippen LogP contribution is -2.26. The van der Waals surface area contributed by atoms with E-state index in [9.17, 15) is 0 Å². The predicted octanol–water partition coefficient (Wildman–Crippen LogP) is 4.00. The molecule has 0 amide bonds. The van der Waals surface area contributed by atoms with E-state index in [2.05, 4.69) is 26.1 Å². The highest BCUT2D eigenvalue weighted by molar-refractivity contribution is 4.72. The maximum atomic E-state index is 6.02. The molecule has 2 heteroatoms. The molecule has 1 saturated carbocycles. The highest BCUT2D eigenvalue weighted by atomic mass is 16.5. The molecule has 0 bridgehead atoms. The Balaban J connectivity index is 1.86. The summed E-state index contributed by atoms with van der Waals surface area (Å²) >= 11 is 0. The molecule has 2 atom stereocenters. The maximum absolute atomic E-state index is 6.02. The van der Waals surface area contributed by atoms with Gasteiger partial charge >= 0.3 is 0 Å². The average molecular weight is 255 g/mol. The van der Waals surface area contributed by atoms with E-state index in [4.69, 9.17) is 4.74 Å². The van der Waals surface area contributed by atoms with Crippen LogP contribution in [0.5, 0.6) is 0 Å². The van der Waals surface area contributed by atoms with Crippen LogP contribution in [0.1, 0.15) is 65.7 Å². The van der Waals surface area contributed by atoms with Crippen LogP contribution in [0.25, 0.3) is 0 Å². The number of ether oxygens (including phenoxy) is 1. The number of nitrogens with one attached hydrogen (secondary N) is 1. The van der Waals surface area contributed by atoms with Gasteiger partial charge in [0, 0.05) is 6.61 Å². The molecule has 1 aliphatic rings. The Morgan fingerprint density at radius 1 is 1.11 bits per heavy atom. The fraction of sp³-hybridized carbons (Fsp3) is 1.00. The smallest absolute Gasteiger partial charge is 0.0600 e. The Morgan fingerprint density at radius 3 is 2.61 bits per heavy atom. The quantitative estimate of drug-likeness (QED) is 0.629. The summed E-state index contributed by atoms with van der Waals surface area (Å²) in [6, 6.07) is 0. The van der Waals surface area contributed by atoms with Crippen LogP contribution in [0.3, 0.4) is 0 Å². The van der Waals surface area contributed by atoms with Crippen LogP contribution in [0.15, 0.2) is 0 Å². The molecule has 1 fully saturated rings. The Morgan fingerprint density at radius 2 is 1.89 bits per heavy atom. The summed E-state index contributed by atoms with van der Waals surface area (Å²) in [6.45, 7) is 10.1. The van der Waals surface area contributed by atoms with E-state index in [1.165, 1.54) is 44.9 Å². The van der Waals surface area contributed by atoms with E-state index in [0.717, 1.165) is 31.5 Å². The van der Waals surface area contributed by atoms with Gasteiger partial charge in [0.2, 0.25) is 0 Å². The van der Waals surface area contributed by atoms with Crippen LogP contribution >= 0.6 is 0 Å². The fourth-order valence-corrected chi connectivity index (χ4v) is 2.68. The van der Waals surface area contributed by atoms with Gasteiger partial charge in [-0.15, -0.1) is 0 Å². The van der Waals surface area contributed by atoms with Crippen LogP contribution < -0.4 is 5.32 Å². The van der Waals surface area contributed by atoms with Gasteiger partial charge in [0.15, 0.2) is 0 Å². The molecule has 0 aromatic heterocycles. The van der Waals surface area contributed by atoms with Gasteiger partial charge in [-0.05, 0) is 57.0 Å². The van der Waals surface area contributed by atoms with E-state index in [0.29, 0.717) is 6.10 Å². The molecule has 0 aromatic carbocycles. The molecule has 0 aromatic rings. The van der Waals surface area contributed by atoms with Crippen molar-refractivity contribution in [2.75, 3.05) is 19.7 Å². The highest BCUT2D eigenvalue weighted by Crippen LogP contribution is 2.26. The second-order valence-electron chi connectivity index (χ2n) is 6.33. The van der Waals surface area contributed by atoms with Crippen LogP contribution in [-0.4, -0.2) is 25.8 Å². The fourth-order valence-electron chi connectivity index (χ4n) is 2.68. The first-order valence-corrected chi connectivity index (χ1v) is 8.02. The largest absolute Gasteiger partial charge is 0.378 e. The molecule has 108 valence electrons. The summed E-state index contributed by atoms with van der Waals surface area (Å²) in [4.78, 5) is 0. The van der Waals surface area contributed by atoms with Crippen molar-refractivity contribution < 1.29 is 4.74 Å². The average Bonchev–Trinajstić information content (AvgIpc) is 2.34. The summed E-state index contributed by atoms with van der Waals surface area (Å²) in [7, 11) is 0. The van der Waals surface area contributed by atoms with Gasteiger partial charge in [0.1, 0.15) is 0 Å². The van der Waals surface area contributed by atoms with Crippen LogP contribution in [0, 0.1) is 11.8 Å². The zero-order chi connectivity index (χ0) is 13.2. The minimum atomic E-state index is 0.554. The molecule has 18 heavy (non-hydrogen) atoms. The zero-order valence-corrected chi connectivity index (χ0v) is 12.7. The van der Waals surface area contributed by atoms with Crippen LogP contribution in [0.2, 0.25) is 0 Å². The van der Waals surface area contributed by atoms with Gasteiger partial charge in [0.25, 0.3) is 0 Å². The van der Waals surface area contributed by atoms with Crippen molar-refractivity contribution in [2.24, 2.45) is 11.8 Å². The number of rotatable bonds is 9. The maximum Gasteiger partial charge on any atom is 0.0600 e. The summed E-state index contributed by atoms with van der Waals surface area (Å²) in [5.41, 5.74) is 0. The first-order chi connectivity index (χ1) is 8.70. The molecule has 1 rings (SSSR count). The summed E-state index contributed by atoms with van der Waals surface area (Å²) in [5.74, 6) is 1.55. The number of hydrogen-bond donors (Lipinski definition) is 1. The van der Waals surface area contributed by atoms with Gasteiger partial charge < -0.3 is 10.1 Å². The van der Waals surface area contributed by atoms with E-state index in [1.54, 1.807) is 0 Å². The topological polar surface area (TPSA) is 21.3 Å². The lowest BCUT2D eigenvalue weighted by molar-refractivity contribution is -0.00651. The summed E-state index contributed by atoms with van der Waals surface area (Å²) in [6.07, 6.45) is 9.80. The van der Waals surface area contributed by atoms with Crippen molar-refractivity contribution in [2.45, 2.75) is 71.8 Å². The zero-order valence-electron chi connectivity index (χ0n) is 12.7. The minimum absolute atomic E-state index is 0.554. The molecular weight excluding hydrogens is 222 g/mol. The molecule has 0 saturated heterocycles. The normalized spacial score (nSPS) is 24.7. The second kappa shape index (κ2) is 9.80. The second-order valence-corrected chi connectivity index (χ2v) is 6.33. The third-order valence-electron chi connectivity index (χ3n) is 3.92. The van der Waals surface area contributed by atoms with Gasteiger partial charge in [-0.3, -0.25) is 0 Å². The van der Waals surface area contributed by atoms with Crippen molar-refractivity contribution in [3.63, 3.8) is 0 Å². The third-order valence-corrected chi connectivity index (χ3v) is 3.92. The molecule has 1 N–H and O–H groups in total. The van der Waals surface area contributed by atoms with Gasteiger partial charge in [0.05, 0.1) is 6.10 Å². The lowest BCUT2D eigenvalue weighted by Gasteiger charge is -2.28. The Bertz CT molecular complexity index is 194. The summed E-state index contributed by atoms with van der Waals surface area (Å²) < 4.78 is 6.02. The third kappa shape index (κ3) is 7.38. The van der Waals surface area contributed by atoms with Crippen molar-refractivity contribution in [1.82, 2.24) is 5.32 Å². The molecule has 0 heterocycles. The Kier molecular flexibility index (Phi) is 8.70. The van der Waals surface area contributed by atoms with Crippen LogP contribution in [0.4, 0.5) is 0 Å². The SMILES string of the molecule is CC(C)CNCCCCCOC1CCCCC1C. The molecule has 1 aliphatic carbocycles. The molecule has 0 radical (unpaired) electrons. The first kappa shape index (κ1) is 16.0. The monoisotopic (exact) mass is 255 g/mol. The van der Waals surface area contributed by atoms with Crippen molar-refractivity contribution in [3.8, 4) is 0 Å². The van der Waals surface area contributed by atoms with E-state index in [1.807, 2.05) is 0 Å². The number of unbranched alkanes of at least 4 members (excludes halogenated alkanes) is 2. The highest BCUT2D eigenvalue weighted by Gasteiger charge is 2.21. The molecule has 2 unspecified atom stereocenters. The van der Waals surface area contributed by atoms with Crippen molar-refractivity contribution >= 4 is 0 Å². The standard InChI is InChI=1S/C16H33NO/c1-14(2)13-17-11-7-4-8-12-18-16-10-6-5-9-15(16)3/h14-17H,4-13H2,1-3H3. The van der Waals surface area contributed by atoms with Crippen molar-refractivity contribution in [1.29, 1.82) is 0 Å². The number of hydrogen-bond acceptors (Lipinski definition) is 2. The van der Waals surface area contributed by atoms with Crippen LogP contribution in [-0.2, 0) is 4.74 Å². The van der Waals surface area contributed by atoms with Gasteiger partial charge in [-0.25, -0.2) is 0 Å². The molecule has 0 aliphatic heterocycles. The first-order valence-electron chi connectivity index (χ1n) is 8.02. The Hall–Kier alpha value is -0.0800. The lowest BCUT2D eigenvalue weighted by atomic mass is 9.88. The predicted molar refractivity (Wildman–Crippen MR) is 78.9 cm³/mol. The van der Waals surface area contributed by atoms with E-state index in [-0.39, 0.29) is 0 Å². The van der Waals surface area contributed by atoms with Crippen molar-refractivity contribution in [3.05, 3.63) is 0 Å². The molecule has 2 nitrogen and oxygen atoms in total. The summed E-state index contributed by atoms with van der Waals surface area (Å²) in [5, 5.41) is 3.49. The van der Waals surface area contributed by atoms with Gasteiger partial charge in [-0.1, -0.05) is 33.6 Å².